The van der Waals surface area contributed by atoms with Crippen LogP contribution in [0.4, 0.5) is 5.69 Å². The van der Waals surface area contributed by atoms with Crippen LogP contribution in [0, 0.1) is 13.8 Å². The van der Waals surface area contributed by atoms with Gasteiger partial charge in [-0.1, -0.05) is 65.7 Å². The lowest BCUT2D eigenvalue weighted by molar-refractivity contribution is -0.140. The number of sulfonamides is 1. The van der Waals surface area contributed by atoms with Gasteiger partial charge in [-0.25, -0.2) is 8.42 Å². The molecule has 9 heteroatoms. The lowest BCUT2D eigenvalue weighted by Gasteiger charge is -2.34. The number of hydrogen-bond donors (Lipinski definition) is 1. The maximum atomic E-state index is 14.0. The Bertz CT molecular complexity index is 1440. The molecule has 0 fully saturated rings. The van der Waals surface area contributed by atoms with Crippen molar-refractivity contribution in [2.45, 2.75) is 64.6 Å². The molecule has 1 atom stereocenters. The second-order valence-electron chi connectivity index (χ2n) is 10.6. The standard InChI is InChI=1S/C30H36ClN3O4S/c1-21-12-10-13-24(18-21)19-33(23(3)29(36)32-30(4,5)6)28(35)20-34(27-17-11-16-26(31)22(27)2)39(37,38)25-14-8-7-9-15-25/h7-18,23H,19-20H2,1-6H3,(H,32,36). The van der Waals surface area contributed by atoms with Crippen molar-refractivity contribution in [1.29, 1.82) is 0 Å². The summed E-state index contributed by atoms with van der Waals surface area (Å²) >= 11 is 6.36. The Morgan fingerprint density at radius 3 is 2.21 bits per heavy atom. The van der Waals surface area contributed by atoms with Crippen LogP contribution in [0.1, 0.15) is 44.4 Å². The summed E-state index contributed by atoms with van der Waals surface area (Å²) < 4.78 is 28.8. The maximum Gasteiger partial charge on any atom is 0.264 e. The fourth-order valence-electron chi connectivity index (χ4n) is 4.16. The fraction of sp³-hybridized carbons (Fsp3) is 0.333. The van der Waals surface area contributed by atoms with Gasteiger partial charge in [0.15, 0.2) is 0 Å². The molecule has 0 saturated heterocycles. The summed E-state index contributed by atoms with van der Waals surface area (Å²) in [6, 6.07) is 19.7. The first-order valence-corrected chi connectivity index (χ1v) is 14.5. The third kappa shape index (κ3) is 7.61. The van der Waals surface area contributed by atoms with Gasteiger partial charge in [-0.2, -0.15) is 0 Å². The molecular weight excluding hydrogens is 534 g/mol. The Labute approximate surface area is 236 Å². The maximum absolute atomic E-state index is 14.0. The SMILES string of the molecule is Cc1cccc(CN(C(=O)CN(c2cccc(Cl)c2C)S(=O)(=O)c2ccccc2)C(C)C(=O)NC(C)(C)C)c1. The van der Waals surface area contributed by atoms with Crippen molar-refractivity contribution in [3.8, 4) is 0 Å². The van der Waals surface area contributed by atoms with Gasteiger partial charge in [0.1, 0.15) is 12.6 Å². The monoisotopic (exact) mass is 569 g/mol. The molecule has 0 bridgehead atoms. The van der Waals surface area contributed by atoms with Gasteiger partial charge in [-0.3, -0.25) is 13.9 Å². The van der Waals surface area contributed by atoms with Crippen LogP contribution in [-0.2, 0) is 26.2 Å². The highest BCUT2D eigenvalue weighted by atomic mass is 35.5. The van der Waals surface area contributed by atoms with Crippen LogP contribution < -0.4 is 9.62 Å². The van der Waals surface area contributed by atoms with Gasteiger partial charge < -0.3 is 10.2 Å². The van der Waals surface area contributed by atoms with Crippen LogP contribution in [0.5, 0.6) is 0 Å². The van der Waals surface area contributed by atoms with E-state index in [0.29, 0.717) is 16.3 Å². The van der Waals surface area contributed by atoms with E-state index in [1.165, 1.54) is 17.0 Å². The van der Waals surface area contributed by atoms with E-state index in [2.05, 4.69) is 5.32 Å². The molecule has 0 aliphatic rings. The molecule has 0 radical (unpaired) electrons. The molecule has 0 aliphatic carbocycles. The Hall–Kier alpha value is -3.36. The third-order valence-electron chi connectivity index (χ3n) is 6.22. The zero-order valence-corrected chi connectivity index (χ0v) is 24.8. The average Bonchev–Trinajstić information content (AvgIpc) is 2.86. The van der Waals surface area contributed by atoms with Crippen LogP contribution in [0.2, 0.25) is 5.02 Å². The van der Waals surface area contributed by atoms with Crippen LogP contribution in [-0.4, -0.2) is 43.3 Å². The number of hydrogen-bond acceptors (Lipinski definition) is 4. The smallest absolute Gasteiger partial charge is 0.264 e. The van der Waals surface area contributed by atoms with Gasteiger partial charge in [0, 0.05) is 17.1 Å². The Morgan fingerprint density at radius 1 is 0.949 bits per heavy atom. The van der Waals surface area contributed by atoms with E-state index < -0.39 is 34.1 Å². The van der Waals surface area contributed by atoms with Crippen LogP contribution in [0.3, 0.4) is 0 Å². The minimum Gasteiger partial charge on any atom is -0.350 e. The minimum absolute atomic E-state index is 0.0425. The molecule has 0 heterocycles. The zero-order valence-electron chi connectivity index (χ0n) is 23.2. The number of carbonyl (C=O) groups is 2. The van der Waals surface area contributed by atoms with Gasteiger partial charge in [0.25, 0.3) is 10.0 Å². The van der Waals surface area contributed by atoms with Crippen molar-refractivity contribution < 1.29 is 18.0 Å². The number of rotatable bonds is 9. The number of benzene rings is 3. The first kappa shape index (κ1) is 30.2. The lowest BCUT2D eigenvalue weighted by atomic mass is 10.1. The zero-order chi connectivity index (χ0) is 29.0. The molecular formula is C30H36ClN3O4S. The summed E-state index contributed by atoms with van der Waals surface area (Å²) in [6.45, 7) is 10.5. The summed E-state index contributed by atoms with van der Waals surface area (Å²) in [5.41, 5.74) is 2.14. The molecule has 0 aliphatic heterocycles. The number of aryl methyl sites for hydroxylation is 1. The second-order valence-corrected chi connectivity index (χ2v) is 12.9. The van der Waals surface area contributed by atoms with Gasteiger partial charge in [-0.05, 0) is 76.9 Å². The highest BCUT2D eigenvalue weighted by Gasteiger charge is 2.34. The molecule has 3 aromatic carbocycles. The molecule has 0 spiro atoms. The van der Waals surface area contributed by atoms with Crippen LogP contribution >= 0.6 is 11.6 Å². The number of nitrogens with one attached hydrogen (secondary N) is 1. The first-order valence-electron chi connectivity index (χ1n) is 12.7. The quantitative estimate of drug-likeness (QED) is 0.369. The van der Waals surface area contributed by atoms with Crippen molar-refractivity contribution in [2.75, 3.05) is 10.8 Å². The predicted molar refractivity (Wildman–Crippen MR) is 156 cm³/mol. The van der Waals surface area contributed by atoms with Crippen molar-refractivity contribution in [3.05, 3.63) is 94.5 Å². The molecule has 1 N–H and O–H groups in total. The molecule has 1 unspecified atom stereocenters. The number of halogens is 1. The second kappa shape index (κ2) is 12.2. The van der Waals surface area contributed by atoms with E-state index >= 15 is 0 Å². The summed E-state index contributed by atoms with van der Waals surface area (Å²) in [5.74, 6) is -0.855. The summed E-state index contributed by atoms with van der Waals surface area (Å²) in [6.07, 6.45) is 0. The fourth-order valence-corrected chi connectivity index (χ4v) is 5.83. The molecule has 7 nitrogen and oxygen atoms in total. The topological polar surface area (TPSA) is 86.8 Å². The van der Waals surface area contributed by atoms with Crippen LogP contribution in [0.15, 0.2) is 77.7 Å². The molecule has 39 heavy (non-hydrogen) atoms. The van der Waals surface area contributed by atoms with E-state index in [0.717, 1.165) is 15.4 Å². The summed E-state index contributed by atoms with van der Waals surface area (Å²) in [4.78, 5) is 28.7. The highest BCUT2D eigenvalue weighted by molar-refractivity contribution is 7.92. The van der Waals surface area contributed by atoms with Gasteiger partial charge >= 0.3 is 0 Å². The number of nitrogens with zero attached hydrogens (tertiary/aromatic N) is 2. The molecule has 2 amide bonds. The Balaban J connectivity index is 2.07. The van der Waals surface area contributed by atoms with E-state index in [-0.39, 0.29) is 17.3 Å². The summed E-state index contributed by atoms with van der Waals surface area (Å²) in [7, 11) is -4.15. The number of anilines is 1. The largest absolute Gasteiger partial charge is 0.350 e. The molecule has 0 aromatic heterocycles. The Morgan fingerprint density at radius 2 is 1.59 bits per heavy atom. The van der Waals surface area contributed by atoms with E-state index in [1.807, 2.05) is 52.0 Å². The molecule has 208 valence electrons. The minimum atomic E-state index is -4.15. The summed E-state index contributed by atoms with van der Waals surface area (Å²) in [5, 5.41) is 3.30. The van der Waals surface area contributed by atoms with E-state index in [9.17, 15) is 18.0 Å². The van der Waals surface area contributed by atoms with Gasteiger partial charge in [0.2, 0.25) is 11.8 Å². The highest BCUT2D eigenvalue weighted by Crippen LogP contribution is 2.31. The first-order chi connectivity index (χ1) is 18.2. The molecule has 0 saturated carbocycles. The molecule has 3 aromatic rings. The predicted octanol–water partition coefficient (Wildman–Crippen LogP) is 5.48. The third-order valence-corrected chi connectivity index (χ3v) is 8.40. The van der Waals surface area contributed by atoms with Crippen molar-refractivity contribution in [1.82, 2.24) is 10.2 Å². The number of amides is 2. The lowest BCUT2D eigenvalue weighted by Crippen LogP contribution is -2.54. The van der Waals surface area contributed by atoms with Crippen molar-refractivity contribution >= 4 is 39.1 Å². The van der Waals surface area contributed by atoms with Crippen molar-refractivity contribution in [3.63, 3.8) is 0 Å². The average molecular weight is 570 g/mol. The normalized spacial score (nSPS) is 12.5. The number of carbonyl (C=O) groups excluding carboxylic acids is 2. The van der Waals surface area contributed by atoms with E-state index in [1.54, 1.807) is 50.2 Å². The van der Waals surface area contributed by atoms with Crippen LogP contribution in [0.25, 0.3) is 0 Å². The van der Waals surface area contributed by atoms with Gasteiger partial charge in [0.05, 0.1) is 10.6 Å². The Kier molecular flexibility index (Phi) is 9.46. The van der Waals surface area contributed by atoms with Gasteiger partial charge in [-0.15, -0.1) is 0 Å². The van der Waals surface area contributed by atoms with Crippen molar-refractivity contribution in [2.24, 2.45) is 0 Å². The van der Waals surface area contributed by atoms with E-state index in [4.69, 9.17) is 11.6 Å². The molecule has 3 rings (SSSR count).